The van der Waals surface area contributed by atoms with Crippen LogP contribution in [-0.4, -0.2) is 29.1 Å². The van der Waals surface area contributed by atoms with Gasteiger partial charge in [0.25, 0.3) is 0 Å². The minimum Gasteiger partial charge on any atom is -0.326 e. The van der Waals surface area contributed by atoms with E-state index in [4.69, 9.17) is 0 Å². The second-order valence-electron chi connectivity index (χ2n) is 7.14. The molecule has 0 aromatic carbocycles. The number of hydrogen-bond donors (Lipinski definition) is 1. The van der Waals surface area contributed by atoms with Crippen molar-refractivity contribution in [3.05, 3.63) is 0 Å². The van der Waals surface area contributed by atoms with Crippen LogP contribution in [0.15, 0.2) is 0 Å². The number of carbonyl (C=O) groups is 1. The van der Waals surface area contributed by atoms with Gasteiger partial charge in [-0.15, -0.1) is 0 Å². The minimum atomic E-state index is -0.190. The third-order valence-electron chi connectivity index (χ3n) is 4.89. The highest BCUT2D eigenvalue weighted by molar-refractivity contribution is 5.89. The first-order valence-corrected chi connectivity index (χ1v) is 8.68. The van der Waals surface area contributed by atoms with Gasteiger partial charge in [0.15, 0.2) is 0 Å². The van der Waals surface area contributed by atoms with E-state index in [1.54, 1.807) is 0 Å². The van der Waals surface area contributed by atoms with Gasteiger partial charge in [0.05, 0.1) is 11.7 Å². The zero-order valence-electron chi connectivity index (χ0n) is 13.6. The summed E-state index contributed by atoms with van der Waals surface area (Å²) in [6.07, 6.45) is 10.8. The molecule has 1 atom stereocenters. The normalized spacial score (nSPS) is 25.3. The zero-order valence-corrected chi connectivity index (χ0v) is 13.6. The Kier molecular flexibility index (Phi) is 5.48. The molecule has 116 valence electrons. The topological polar surface area (TPSA) is 32.3 Å². The molecule has 0 bridgehead atoms. The summed E-state index contributed by atoms with van der Waals surface area (Å²) in [5, 5.41) is 3.71. The maximum atomic E-state index is 12.8. The van der Waals surface area contributed by atoms with Gasteiger partial charge in [-0.05, 0) is 31.6 Å². The number of nitrogens with one attached hydrogen (secondary N) is 1. The maximum Gasteiger partial charge on any atom is 0.244 e. The molecule has 1 N–H and O–H groups in total. The van der Waals surface area contributed by atoms with Crippen LogP contribution in [0.4, 0.5) is 0 Å². The molecular formula is C17H32N2O. The van der Waals surface area contributed by atoms with Crippen molar-refractivity contribution in [3.8, 4) is 0 Å². The highest BCUT2D eigenvalue weighted by Gasteiger charge is 2.51. The SMILES string of the molecule is CCCCCCN1C(=O)C2(CCCC2)NC1CC(C)C. The molecule has 1 heterocycles. The molecule has 1 aliphatic carbocycles. The summed E-state index contributed by atoms with van der Waals surface area (Å²) in [6, 6.07) is 0. The standard InChI is InChI=1S/C17H32N2O/c1-4-5-6-9-12-19-15(13-14(2)3)18-17(16(19)20)10-7-8-11-17/h14-15,18H,4-13H2,1-3H3. The lowest BCUT2D eigenvalue weighted by Crippen LogP contribution is -2.44. The molecule has 2 aliphatic rings. The van der Waals surface area contributed by atoms with Crippen LogP contribution in [0.1, 0.15) is 78.6 Å². The molecule has 0 aromatic rings. The molecule has 1 spiro atoms. The van der Waals surface area contributed by atoms with Gasteiger partial charge in [-0.3, -0.25) is 10.1 Å². The van der Waals surface area contributed by atoms with Crippen molar-refractivity contribution >= 4 is 5.91 Å². The molecule has 0 radical (unpaired) electrons. The second kappa shape index (κ2) is 6.93. The van der Waals surface area contributed by atoms with Gasteiger partial charge < -0.3 is 4.90 Å². The van der Waals surface area contributed by atoms with Crippen LogP contribution in [0.5, 0.6) is 0 Å². The van der Waals surface area contributed by atoms with Crippen LogP contribution in [0.25, 0.3) is 0 Å². The smallest absolute Gasteiger partial charge is 0.244 e. The van der Waals surface area contributed by atoms with Crippen molar-refractivity contribution in [1.82, 2.24) is 10.2 Å². The fourth-order valence-corrected chi connectivity index (χ4v) is 3.81. The quantitative estimate of drug-likeness (QED) is 0.721. The number of carbonyl (C=O) groups excluding carboxylic acids is 1. The van der Waals surface area contributed by atoms with E-state index in [2.05, 4.69) is 31.0 Å². The Morgan fingerprint density at radius 3 is 2.55 bits per heavy atom. The molecule has 3 heteroatoms. The number of hydrogen-bond acceptors (Lipinski definition) is 2. The summed E-state index contributed by atoms with van der Waals surface area (Å²) in [7, 11) is 0. The van der Waals surface area contributed by atoms with Crippen LogP contribution < -0.4 is 5.32 Å². The van der Waals surface area contributed by atoms with Gasteiger partial charge in [-0.25, -0.2) is 0 Å². The van der Waals surface area contributed by atoms with E-state index in [1.165, 1.54) is 32.1 Å². The maximum absolute atomic E-state index is 12.8. The molecule has 1 aliphatic heterocycles. The van der Waals surface area contributed by atoms with Gasteiger partial charge in [0.1, 0.15) is 0 Å². The van der Waals surface area contributed by atoms with E-state index in [9.17, 15) is 4.79 Å². The fourth-order valence-electron chi connectivity index (χ4n) is 3.81. The Morgan fingerprint density at radius 2 is 1.95 bits per heavy atom. The fraction of sp³-hybridized carbons (Fsp3) is 0.941. The zero-order chi connectivity index (χ0) is 14.6. The monoisotopic (exact) mass is 280 g/mol. The Labute approximate surface area is 124 Å². The molecule has 20 heavy (non-hydrogen) atoms. The van der Waals surface area contributed by atoms with Gasteiger partial charge in [0, 0.05) is 6.54 Å². The number of nitrogens with zero attached hydrogens (tertiary/aromatic N) is 1. The highest BCUT2D eigenvalue weighted by atomic mass is 16.2. The van der Waals surface area contributed by atoms with Gasteiger partial charge >= 0.3 is 0 Å². The Balaban J connectivity index is 1.98. The first-order valence-electron chi connectivity index (χ1n) is 8.68. The minimum absolute atomic E-state index is 0.190. The third kappa shape index (κ3) is 3.36. The van der Waals surface area contributed by atoms with Crippen molar-refractivity contribution in [2.45, 2.75) is 90.3 Å². The number of unbranched alkanes of at least 4 members (excludes halogenated alkanes) is 3. The molecule has 1 saturated carbocycles. The predicted octanol–water partition coefficient (Wildman–Crippen LogP) is 3.68. The lowest BCUT2D eigenvalue weighted by molar-refractivity contribution is -0.133. The lowest BCUT2D eigenvalue weighted by atomic mass is 9.98. The first-order chi connectivity index (χ1) is 9.59. The first kappa shape index (κ1) is 15.8. The predicted molar refractivity (Wildman–Crippen MR) is 83.4 cm³/mol. The molecule has 2 rings (SSSR count). The van der Waals surface area contributed by atoms with Crippen molar-refractivity contribution in [3.63, 3.8) is 0 Å². The van der Waals surface area contributed by atoms with Crippen LogP contribution in [0.2, 0.25) is 0 Å². The Hall–Kier alpha value is -0.570. The molecule has 3 nitrogen and oxygen atoms in total. The highest BCUT2D eigenvalue weighted by Crippen LogP contribution is 2.37. The van der Waals surface area contributed by atoms with E-state index >= 15 is 0 Å². The van der Waals surface area contributed by atoms with Gasteiger partial charge in [0.2, 0.25) is 5.91 Å². The number of amides is 1. The average molecular weight is 280 g/mol. The summed E-state index contributed by atoms with van der Waals surface area (Å²) in [5.74, 6) is 1.03. The third-order valence-corrected chi connectivity index (χ3v) is 4.89. The largest absolute Gasteiger partial charge is 0.326 e. The van der Waals surface area contributed by atoms with Crippen molar-refractivity contribution < 1.29 is 4.79 Å². The van der Waals surface area contributed by atoms with Crippen molar-refractivity contribution in [1.29, 1.82) is 0 Å². The summed E-state index contributed by atoms with van der Waals surface area (Å²) >= 11 is 0. The van der Waals surface area contributed by atoms with E-state index in [0.717, 1.165) is 32.2 Å². The van der Waals surface area contributed by atoms with E-state index in [1.807, 2.05) is 0 Å². The summed E-state index contributed by atoms with van der Waals surface area (Å²) in [5.41, 5.74) is -0.190. The van der Waals surface area contributed by atoms with E-state index in [0.29, 0.717) is 11.8 Å². The van der Waals surface area contributed by atoms with E-state index in [-0.39, 0.29) is 11.7 Å². The molecule has 1 unspecified atom stereocenters. The second-order valence-corrected chi connectivity index (χ2v) is 7.14. The van der Waals surface area contributed by atoms with Crippen LogP contribution in [0.3, 0.4) is 0 Å². The molecule has 1 saturated heterocycles. The molecule has 0 aromatic heterocycles. The molecular weight excluding hydrogens is 248 g/mol. The number of rotatable bonds is 7. The summed E-state index contributed by atoms with van der Waals surface area (Å²) in [6.45, 7) is 7.69. The van der Waals surface area contributed by atoms with Crippen molar-refractivity contribution in [2.24, 2.45) is 5.92 Å². The Morgan fingerprint density at radius 1 is 1.25 bits per heavy atom. The average Bonchev–Trinajstić information content (AvgIpc) is 2.95. The van der Waals surface area contributed by atoms with Gasteiger partial charge in [-0.1, -0.05) is 52.9 Å². The van der Waals surface area contributed by atoms with Crippen molar-refractivity contribution in [2.75, 3.05) is 6.54 Å². The Bertz CT molecular complexity index is 321. The van der Waals surface area contributed by atoms with E-state index < -0.39 is 0 Å². The molecule has 2 fully saturated rings. The van der Waals surface area contributed by atoms with Crippen LogP contribution >= 0.6 is 0 Å². The van der Waals surface area contributed by atoms with Gasteiger partial charge in [-0.2, -0.15) is 0 Å². The van der Waals surface area contributed by atoms with Crippen LogP contribution in [-0.2, 0) is 4.79 Å². The summed E-state index contributed by atoms with van der Waals surface area (Å²) in [4.78, 5) is 15.0. The lowest BCUT2D eigenvalue weighted by Gasteiger charge is -2.25. The molecule has 1 amide bonds. The van der Waals surface area contributed by atoms with Crippen LogP contribution in [0, 0.1) is 5.92 Å². The summed E-state index contributed by atoms with van der Waals surface area (Å²) < 4.78 is 0.